The van der Waals surface area contributed by atoms with Crippen LogP contribution in [-0.4, -0.2) is 24.3 Å². The standard InChI is InChI=1S/C8H17NO/c1-2-3-8(10)7-4-5-9-6-7/h7-10H,2-6H2,1H3/t7-,8?/m0/s1. The molecule has 0 spiro atoms. The topological polar surface area (TPSA) is 32.3 Å². The number of nitrogens with one attached hydrogen (secondary N) is 1. The monoisotopic (exact) mass is 143 g/mol. The van der Waals surface area contributed by atoms with Crippen LogP contribution >= 0.6 is 0 Å². The Morgan fingerprint density at radius 2 is 2.50 bits per heavy atom. The molecule has 0 aromatic carbocycles. The van der Waals surface area contributed by atoms with Crippen molar-refractivity contribution in [3.05, 3.63) is 0 Å². The molecular weight excluding hydrogens is 126 g/mol. The maximum absolute atomic E-state index is 9.51. The van der Waals surface area contributed by atoms with E-state index < -0.39 is 0 Å². The zero-order valence-corrected chi connectivity index (χ0v) is 6.64. The van der Waals surface area contributed by atoms with Gasteiger partial charge in [0.15, 0.2) is 0 Å². The molecule has 0 amide bonds. The molecule has 0 aromatic rings. The van der Waals surface area contributed by atoms with E-state index in [-0.39, 0.29) is 6.10 Å². The second-order valence-electron chi connectivity index (χ2n) is 3.11. The van der Waals surface area contributed by atoms with E-state index in [0.717, 1.165) is 32.4 Å². The van der Waals surface area contributed by atoms with Crippen molar-refractivity contribution in [1.82, 2.24) is 5.32 Å². The molecule has 0 radical (unpaired) electrons. The van der Waals surface area contributed by atoms with Gasteiger partial charge in [0.1, 0.15) is 0 Å². The molecule has 1 fully saturated rings. The molecule has 1 unspecified atom stereocenters. The van der Waals surface area contributed by atoms with Gasteiger partial charge in [-0.25, -0.2) is 0 Å². The first-order chi connectivity index (χ1) is 4.84. The Morgan fingerprint density at radius 3 is 3.00 bits per heavy atom. The normalized spacial score (nSPS) is 28.8. The van der Waals surface area contributed by atoms with Crippen LogP contribution in [0.15, 0.2) is 0 Å². The third-order valence-electron chi connectivity index (χ3n) is 2.23. The Hall–Kier alpha value is -0.0800. The highest BCUT2D eigenvalue weighted by Gasteiger charge is 2.21. The fraction of sp³-hybridized carbons (Fsp3) is 1.00. The third-order valence-corrected chi connectivity index (χ3v) is 2.23. The van der Waals surface area contributed by atoms with Gasteiger partial charge in [-0.2, -0.15) is 0 Å². The molecule has 2 N–H and O–H groups in total. The second-order valence-corrected chi connectivity index (χ2v) is 3.11. The number of rotatable bonds is 3. The van der Waals surface area contributed by atoms with Crippen LogP contribution in [0.4, 0.5) is 0 Å². The van der Waals surface area contributed by atoms with Gasteiger partial charge in [0.2, 0.25) is 0 Å². The van der Waals surface area contributed by atoms with Crippen molar-refractivity contribution < 1.29 is 5.11 Å². The molecule has 0 saturated carbocycles. The van der Waals surface area contributed by atoms with E-state index >= 15 is 0 Å². The molecule has 1 aliphatic heterocycles. The molecule has 2 atom stereocenters. The van der Waals surface area contributed by atoms with E-state index in [9.17, 15) is 5.11 Å². The Labute approximate surface area is 62.6 Å². The van der Waals surface area contributed by atoms with Crippen molar-refractivity contribution in [2.24, 2.45) is 5.92 Å². The van der Waals surface area contributed by atoms with E-state index in [1.807, 2.05) is 0 Å². The molecule has 0 aromatic heterocycles. The zero-order valence-electron chi connectivity index (χ0n) is 6.64. The molecule has 1 aliphatic rings. The van der Waals surface area contributed by atoms with Crippen molar-refractivity contribution in [3.8, 4) is 0 Å². The fourth-order valence-corrected chi connectivity index (χ4v) is 1.54. The summed E-state index contributed by atoms with van der Waals surface area (Å²) in [6.07, 6.45) is 3.16. The van der Waals surface area contributed by atoms with Gasteiger partial charge in [0.25, 0.3) is 0 Å². The lowest BCUT2D eigenvalue weighted by atomic mass is 9.98. The summed E-state index contributed by atoms with van der Waals surface area (Å²) in [6, 6.07) is 0. The average Bonchev–Trinajstić information content (AvgIpc) is 2.38. The predicted octanol–water partition coefficient (Wildman–Crippen LogP) is 0.757. The van der Waals surface area contributed by atoms with Gasteiger partial charge in [0.05, 0.1) is 6.10 Å². The Bertz CT molecular complexity index is 89.3. The van der Waals surface area contributed by atoms with Crippen LogP contribution in [0.2, 0.25) is 0 Å². The summed E-state index contributed by atoms with van der Waals surface area (Å²) in [4.78, 5) is 0. The minimum Gasteiger partial charge on any atom is -0.393 e. The Balaban J connectivity index is 2.18. The average molecular weight is 143 g/mol. The molecular formula is C8H17NO. The summed E-state index contributed by atoms with van der Waals surface area (Å²) in [5.74, 6) is 0.528. The van der Waals surface area contributed by atoms with E-state index in [2.05, 4.69) is 12.2 Å². The quantitative estimate of drug-likeness (QED) is 0.611. The van der Waals surface area contributed by atoms with Crippen molar-refractivity contribution in [2.45, 2.75) is 32.3 Å². The molecule has 0 bridgehead atoms. The summed E-state index contributed by atoms with van der Waals surface area (Å²) >= 11 is 0. The van der Waals surface area contributed by atoms with Gasteiger partial charge in [-0.15, -0.1) is 0 Å². The first-order valence-electron chi connectivity index (χ1n) is 4.23. The number of aliphatic hydroxyl groups excluding tert-OH is 1. The molecule has 0 aliphatic carbocycles. The van der Waals surface area contributed by atoms with Crippen molar-refractivity contribution in [1.29, 1.82) is 0 Å². The van der Waals surface area contributed by atoms with Crippen molar-refractivity contribution in [3.63, 3.8) is 0 Å². The minimum atomic E-state index is -0.0556. The third kappa shape index (κ3) is 1.96. The van der Waals surface area contributed by atoms with Crippen LogP contribution in [0.3, 0.4) is 0 Å². The maximum Gasteiger partial charge on any atom is 0.0580 e. The van der Waals surface area contributed by atoms with Crippen molar-refractivity contribution >= 4 is 0 Å². The van der Waals surface area contributed by atoms with E-state index in [0.29, 0.717) is 5.92 Å². The van der Waals surface area contributed by atoms with Gasteiger partial charge in [-0.3, -0.25) is 0 Å². The number of aliphatic hydroxyl groups is 1. The number of hydrogen-bond donors (Lipinski definition) is 2. The molecule has 1 saturated heterocycles. The lowest BCUT2D eigenvalue weighted by molar-refractivity contribution is 0.107. The maximum atomic E-state index is 9.51. The highest BCUT2D eigenvalue weighted by molar-refractivity contribution is 4.77. The van der Waals surface area contributed by atoms with Crippen LogP contribution in [0.5, 0.6) is 0 Å². The van der Waals surface area contributed by atoms with Gasteiger partial charge in [-0.05, 0) is 25.3 Å². The second kappa shape index (κ2) is 3.94. The summed E-state index contributed by atoms with van der Waals surface area (Å²) < 4.78 is 0. The van der Waals surface area contributed by atoms with Crippen LogP contribution in [0, 0.1) is 5.92 Å². The SMILES string of the molecule is CCCC(O)[C@H]1CCNC1. The highest BCUT2D eigenvalue weighted by atomic mass is 16.3. The van der Waals surface area contributed by atoms with Gasteiger partial charge < -0.3 is 10.4 Å². The van der Waals surface area contributed by atoms with Gasteiger partial charge >= 0.3 is 0 Å². The van der Waals surface area contributed by atoms with Crippen LogP contribution in [-0.2, 0) is 0 Å². The van der Waals surface area contributed by atoms with E-state index in [4.69, 9.17) is 0 Å². The Morgan fingerprint density at radius 1 is 1.70 bits per heavy atom. The smallest absolute Gasteiger partial charge is 0.0580 e. The first-order valence-corrected chi connectivity index (χ1v) is 4.23. The lowest BCUT2D eigenvalue weighted by Crippen LogP contribution is -2.22. The highest BCUT2D eigenvalue weighted by Crippen LogP contribution is 2.15. The largest absolute Gasteiger partial charge is 0.393 e. The molecule has 10 heavy (non-hydrogen) atoms. The fourth-order valence-electron chi connectivity index (χ4n) is 1.54. The van der Waals surface area contributed by atoms with Crippen LogP contribution < -0.4 is 5.32 Å². The summed E-state index contributed by atoms with van der Waals surface area (Å²) in [6.45, 7) is 4.22. The summed E-state index contributed by atoms with van der Waals surface area (Å²) in [7, 11) is 0. The summed E-state index contributed by atoms with van der Waals surface area (Å²) in [5.41, 5.74) is 0. The first kappa shape index (κ1) is 8.02. The van der Waals surface area contributed by atoms with Gasteiger partial charge in [-0.1, -0.05) is 13.3 Å². The minimum absolute atomic E-state index is 0.0556. The predicted molar refractivity (Wildman–Crippen MR) is 41.9 cm³/mol. The summed E-state index contributed by atoms with van der Waals surface area (Å²) in [5, 5.41) is 12.8. The van der Waals surface area contributed by atoms with Crippen LogP contribution in [0.1, 0.15) is 26.2 Å². The lowest BCUT2D eigenvalue weighted by Gasteiger charge is -2.15. The van der Waals surface area contributed by atoms with Crippen LogP contribution in [0.25, 0.3) is 0 Å². The van der Waals surface area contributed by atoms with Gasteiger partial charge in [0, 0.05) is 6.54 Å². The number of hydrogen-bond acceptors (Lipinski definition) is 2. The molecule has 60 valence electrons. The van der Waals surface area contributed by atoms with Crippen molar-refractivity contribution in [2.75, 3.05) is 13.1 Å². The molecule has 2 nitrogen and oxygen atoms in total. The van der Waals surface area contributed by atoms with E-state index in [1.54, 1.807) is 0 Å². The molecule has 1 heterocycles. The molecule has 1 rings (SSSR count). The Kier molecular flexibility index (Phi) is 3.16. The molecule has 2 heteroatoms. The van der Waals surface area contributed by atoms with E-state index in [1.165, 1.54) is 0 Å². The zero-order chi connectivity index (χ0) is 7.40.